The molecule has 4 heteroatoms. The lowest BCUT2D eigenvalue weighted by atomic mass is 10.0. The maximum Gasteiger partial charge on any atom is 0.320 e. The molecular weight excluding hydrogens is 214 g/mol. The number of carboxylic acids is 1. The number of hydrogen-bond donors (Lipinski definition) is 2. The molecule has 1 aromatic carbocycles. The Morgan fingerprint density at radius 3 is 2.80 bits per heavy atom. The van der Waals surface area contributed by atoms with E-state index in [0.717, 1.165) is 11.1 Å². The topological polar surface area (TPSA) is 63.3 Å². The minimum Gasteiger partial charge on any atom is -0.480 e. The molecule has 82 valence electrons. The fourth-order valence-electron chi connectivity index (χ4n) is 1.19. The molecule has 0 saturated heterocycles. The summed E-state index contributed by atoms with van der Waals surface area (Å²) in [4.78, 5) is 10.5. The molecule has 0 amide bonds. The summed E-state index contributed by atoms with van der Waals surface area (Å²) in [6.45, 7) is 3.64. The second kappa shape index (κ2) is 6.22. The molecule has 1 aromatic rings. The van der Waals surface area contributed by atoms with E-state index in [2.05, 4.69) is 6.58 Å². The van der Waals surface area contributed by atoms with Gasteiger partial charge in [-0.15, -0.1) is 12.4 Å². The maximum absolute atomic E-state index is 10.5. The van der Waals surface area contributed by atoms with Gasteiger partial charge in [0.1, 0.15) is 6.04 Å². The molecule has 0 radical (unpaired) electrons. The van der Waals surface area contributed by atoms with Crippen LogP contribution in [-0.2, 0) is 11.2 Å². The van der Waals surface area contributed by atoms with E-state index < -0.39 is 12.0 Å². The number of hydrogen-bond acceptors (Lipinski definition) is 2. The van der Waals surface area contributed by atoms with Crippen LogP contribution < -0.4 is 5.73 Å². The molecule has 0 aliphatic carbocycles. The fourth-order valence-corrected chi connectivity index (χ4v) is 1.19. The van der Waals surface area contributed by atoms with Crippen molar-refractivity contribution in [2.45, 2.75) is 12.5 Å². The Labute approximate surface area is 95.0 Å². The summed E-state index contributed by atoms with van der Waals surface area (Å²) >= 11 is 0. The molecule has 0 aliphatic rings. The highest BCUT2D eigenvalue weighted by Crippen LogP contribution is 2.08. The maximum atomic E-state index is 10.5. The van der Waals surface area contributed by atoms with Crippen LogP contribution in [0.3, 0.4) is 0 Å². The Balaban J connectivity index is 0.00000196. The van der Waals surface area contributed by atoms with Crippen molar-refractivity contribution in [1.29, 1.82) is 0 Å². The number of aliphatic carboxylic acids is 1. The molecule has 0 fully saturated rings. The first-order valence-corrected chi connectivity index (χ1v) is 4.33. The Morgan fingerprint density at radius 1 is 1.60 bits per heavy atom. The Bertz CT molecular complexity index is 352. The predicted molar refractivity (Wildman–Crippen MR) is 63.1 cm³/mol. The number of nitrogens with two attached hydrogens (primary N) is 1. The quantitative estimate of drug-likeness (QED) is 0.823. The van der Waals surface area contributed by atoms with Crippen LogP contribution in [-0.4, -0.2) is 17.1 Å². The van der Waals surface area contributed by atoms with E-state index in [1.807, 2.05) is 24.3 Å². The molecule has 0 heterocycles. The van der Waals surface area contributed by atoms with Crippen LogP contribution >= 0.6 is 12.4 Å². The summed E-state index contributed by atoms with van der Waals surface area (Å²) in [6, 6.07) is 6.67. The van der Waals surface area contributed by atoms with Gasteiger partial charge < -0.3 is 10.8 Å². The van der Waals surface area contributed by atoms with Crippen LogP contribution in [0.1, 0.15) is 11.1 Å². The van der Waals surface area contributed by atoms with Gasteiger partial charge in [0.25, 0.3) is 0 Å². The number of benzene rings is 1. The van der Waals surface area contributed by atoms with E-state index in [-0.39, 0.29) is 12.4 Å². The highest BCUT2D eigenvalue weighted by Gasteiger charge is 2.11. The summed E-state index contributed by atoms with van der Waals surface area (Å²) in [5.74, 6) is -0.978. The van der Waals surface area contributed by atoms with Gasteiger partial charge in [0, 0.05) is 0 Å². The van der Waals surface area contributed by atoms with E-state index in [1.165, 1.54) is 0 Å². The van der Waals surface area contributed by atoms with Crippen molar-refractivity contribution in [2.75, 3.05) is 0 Å². The van der Waals surface area contributed by atoms with Gasteiger partial charge >= 0.3 is 5.97 Å². The van der Waals surface area contributed by atoms with E-state index in [9.17, 15) is 4.79 Å². The number of carboxylic acid groups (broad SMARTS) is 1. The van der Waals surface area contributed by atoms with Gasteiger partial charge in [0.2, 0.25) is 0 Å². The third-order valence-corrected chi connectivity index (χ3v) is 1.96. The molecule has 0 aliphatic heterocycles. The first kappa shape index (κ1) is 13.7. The molecule has 1 rings (SSSR count). The third kappa shape index (κ3) is 4.14. The minimum atomic E-state index is -0.978. The fraction of sp³-hybridized carbons (Fsp3) is 0.182. The van der Waals surface area contributed by atoms with Gasteiger partial charge in [-0.25, -0.2) is 0 Å². The van der Waals surface area contributed by atoms with Crippen molar-refractivity contribution in [3.05, 3.63) is 42.0 Å². The van der Waals surface area contributed by atoms with Crippen LogP contribution in [0.4, 0.5) is 0 Å². The van der Waals surface area contributed by atoms with Crippen molar-refractivity contribution < 1.29 is 9.90 Å². The largest absolute Gasteiger partial charge is 0.480 e. The normalized spacial score (nSPS) is 11.3. The van der Waals surface area contributed by atoms with Crippen molar-refractivity contribution in [3.63, 3.8) is 0 Å². The summed E-state index contributed by atoms with van der Waals surface area (Å²) in [7, 11) is 0. The Hall–Kier alpha value is -1.32. The van der Waals surface area contributed by atoms with E-state index >= 15 is 0 Å². The van der Waals surface area contributed by atoms with Crippen molar-refractivity contribution in [3.8, 4) is 0 Å². The lowest BCUT2D eigenvalue weighted by molar-refractivity contribution is -0.138. The van der Waals surface area contributed by atoms with Crippen molar-refractivity contribution in [1.82, 2.24) is 0 Å². The average molecular weight is 228 g/mol. The van der Waals surface area contributed by atoms with Gasteiger partial charge in [-0.3, -0.25) is 4.79 Å². The molecule has 3 N–H and O–H groups in total. The first-order valence-electron chi connectivity index (χ1n) is 4.33. The van der Waals surface area contributed by atoms with Crippen molar-refractivity contribution >= 4 is 24.5 Å². The molecule has 0 bridgehead atoms. The van der Waals surface area contributed by atoms with Crippen LogP contribution in [0.15, 0.2) is 30.8 Å². The van der Waals surface area contributed by atoms with Gasteiger partial charge in [-0.05, 0) is 17.5 Å². The molecule has 0 saturated carbocycles. The smallest absolute Gasteiger partial charge is 0.320 e. The summed E-state index contributed by atoms with van der Waals surface area (Å²) in [5.41, 5.74) is 7.30. The summed E-state index contributed by atoms with van der Waals surface area (Å²) in [5, 5.41) is 8.62. The molecule has 3 nitrogen and oxygen atoms in total. The molecular formula is C11H14ClNO2. The predicted octanol–water partition coefficient (Wildman–Crippen LogP) is 1.71. The van der Waals surface area contributed by atoms with Gasteiger partial charge in [-0.1, -0.05) is 36.9 Å². The van der Waals surface area contributed by atoms with Gasteiger partial charge in [0.15, 0.2) is 0 Å². The molecule has 15 heavy (non-hydrogen) atoms. The van der Waals surface area contributed by atoms with E-state index in [1.54, 1.807) is 6.08 Å². The van der Waals surface area contributed by atoms with E-state index in [4.69, 9.17) is 10.8 Å². The number of rotatable bonds is 4. The zero-order valence-electron chi connectivity index (χ0n) is 8.22. The average Bonchev–Trinajstić information content (AvgIpc) is 2.18. The van der Waals surface area contributed by atoms with Gasteiger partial charge in [-0.2, -0.15) is 0 Å². The van der Waals surface area contributed by atoms with Gasteiger partial charge in [0.05, 0.1) is 0 Å². The zero-order chi connectivity index (χ0) is 10.6. The lowest BCUT2D eigenvalue weighted by Crippen LogP contribution is -2.32. The summed E-state index contributed by atoms with van der Waals surface area (Å²) < 4.78 is 0. The molecule has 0 unspecified atom stereocenters. The third-order valence-electron chi connectivity index (χ3n) is 1.96. The number of halogens is 1. The minimum absolute atomic E-state index is 0. The second-order valence-corrected chi connectivity index (χ2v) is 3.10. The van der Waals surface area contributed by atoms with Crippen molar-refractivity contribution in [2.24, 2.45) is 5.73 Å². The Morgan fingerprint density at radius 2 is 2.27 bits per heavy atom. The monoisotopic (exact) mass is 227 g/mol. The highest BCUT2D eigenvalue weighted by molar-refractivity contribution is 5.85. The Kier molecular flexibility index (Phi) is 5.67. The standard InChI is InChI=1S/C11H13NO2.ClH/c1-2-8-4-3-5-9(6-8)7-10(12)11(13)14;/h2-6,10H,1,7,12H2,(H,13,14);1H/t10-;/m0./s1. The van der Waals surface area contributed by atoms with E-state index in [0.29, 0.717) is 6.42 Å². The van der Waals surface area contributed by atoms with Crippen LogP contribution in [0.5, 0.6) is 0 Å². The lowest BCUT2D eigenvalue weighted by Gasteiger charge is -2.06. The molecule has 1 atom stereocenters. The zero-order valence-corrected chi connectivity index (χ0v) is 9.04. The SMILES string of the molecule is C=Cc1cccc(C[C@H](N)C(=O)O)c1.Cl. The number of carbonyl (C=O) groups is 1. The second-order valence-electron chi connectivity index (χ2n) is 3.10. The first-order chi connectivity index (χ1) is 6.63. The highest BCUT2D eigenvalue weighted by atomic mass is 35.5. The van der Waals surface area contributed by atoms with Crippen LogP contribution in [0.25, 0.3) is 6.08 Å². The molecule has 0 spiro atoms. The molecule has 0 aromatic heterocycles. The summed E-state index contributed by atoms with van der Waals surface area (Å²) in [6.07, 6.45) is 2.06. The van der Waals surface area contributed by atoms with Crippen LogP contribution in [0, 0.1) is 0 Å². The van der Waals surface area contributed by atoms with Crippen LogP contribution in [0.2, 0.25) is 0 Å².